The molecule has 0 atom stereocenters. The zero-order chi connectivity index (χ0) is 8.91. The fourth-order valence-corrected chi connectivity index (χ4v) is 0.766. The monoisotopic (exact) mass is 160 g/mol. The van der Waals surface area contributed by atoms with E-state index in [-0.39, 0.29) is 12.1 Å². The maximum absolute atomic E-state index is 8.60. The lowest BCUT2D eigenvalue weighted by Crippen LogP contribution is -2.47. The summed E-state index contributed by atoms with van der Waals surface area (Å²) in [4.78, 5) is 2.17. The minimum atomic E-state index is 0.0508. The molecule has 3 nitrogen and oxygen atoms in total. The zero-order valence-corrected chi connectivity index (χ0v) is 7.80. The van der Waals surface area contributed by atoms with Gasteiger partial charge in [-0.1, -0.05) is 0 Å². The first-order valence-electron chi connectivity index (χ1n) is 4.07. The first-order valence-corrected chi connectivity index (χ1v) is 4.07. The molecule has 0 radical (unpaired) electrons. The van der Waals surface area contributed by atoms with Crippen LogP contribution in [-0.4, -0.2) is 42.3 Å². The van der Waals surface area contributed by atoms with Crippen LogP contribution in [0, 0.1) is 0 Å². The Morgan fingerprint density at radius 2 is 2.00 bits per heavy atom. The van der Waals surface area contributed by atoms with Crippen LogP contribution in [0.25, 0.3) is 0 Å². The topological polar surface area (TPSA) is 49.5 Å². The van der Waals surface area contributed by atoms with E-state index in [1.165, 1.54) is 0 Å². The third kappa shape index (κ3) is 3.70. The molecule has 0 aliphatic rings. The first-order chi connectivity index (χ1) is 5.04. The SMILES string of the molecule is CN(CCCO)C(C)(C)CN. The number of nitrogens with two attached hydrogens (primary N) is 1. The van der Waals surface area contributed by atoms with Gasteiger partial charge in [0, 0.05) is 25.2 Å². The number of aliphatic hydroxyl groups is 1. The number of likely N-dealkylation sites (N-methyl/N-ethyl adjacent to an activating group) is 1. The van der Waals surface area contributed by atoms with Gasteiger partial charge in [-0.2, -0.15) is 0 Å². The molecule has 3 N–H and O–H groups in total. The molecular formula is C8H20N2O. The standard InChI is InChI=1S/C8H20N2O/c1-8(2,7-9)10(3)5-4-6-11/h11H,4-7,9H2,1-3H3. The fraction of sp³-hybridized carbons (Fsp3) is 1.00. The van der Waals surface area contributed by atoms with Crippen LogP contribution in [-0.2, 0) is 0 Å². The van der Waals surface area contributed by atoms with E-state index in [0.29, 0.717) is 6.54 Å². The zero-order valence-electron chi connectivity index (χ0n) is 7.80. The Morgan fingerprint density at radius 1 is 1.45 bits per heavy atom. The Bertz CT molecular complexity index is 104. The lowest BCUT2D eigenvalue weighted by atomic mass is 10.0. The Morgan fingerprint density at radius 3 is 2.36 bits per heavy atom. The Hall–Kier alpha value is -0.120. The third-order valence-corrected chi connectivity index (χ3v) is 2.18. The molecule has 0 spiro atoms. The van der Waals surface area contributed by atoms with Gasteiger partial charge in [-0.15, -0.1) is 0 Å². The van der Waals surface area contributed by atoms with Crippen molar-refractivity contribution in [1.82, 2.24) is 4.90 Å². The molecule has 0 aliphatic carbocycles. The van der Waals surface area contributed by atoms with Crippen LogP contribution in [0.3, 0.4) is 0 Å². The molecule has 0 bridgehead atoms. The highest BCUT2D eigenvalue weighted by Crippen LogP contribution is 2.09. The largest absolute Gasteiger partial charge is 0.396 e. The van der Waals surface area contributed by atoms with E-state index in [4.69, 9.17) is 10.8 Å². The number of rotatable bonds is 5. The summed E-state index contributed by atoms with van der Waals surface area (Å²) in [5, 5.41) is 8.60. The third-order valence-electron chi connectivity index (χ3n) is 2.18. The van der Waals surface area contributed by atoms with E-state index in [1.54, 1.807) is 0 Å². The molecule has 0 fully saturated rings. The van der Waals surface area contributed by atoms with E-state index in [9.17, 15) is 0 Å². The Balaban J connectivity index is 3.71. The minimum Gasteiger partial charge on any atom is -0.396 e. The van der Waals surface area contributed by atoms with Crippen LogP contribution < -0.4 is 5.73 Å². The summed E-state index contributed by atoms with van der Waals surface area (Å²) in [6.45, 7) is 6.01. The minimum absolute atomic E-state index is 0.0508. The van der Waals surface area contributed by atoms with Crippen molar-refractivity contribution in [1.29, 1.82) is 0 Å². The molecule has 0 aromatic carbocycles. The van der Waals surface area contributed by atoms with Gasteiger partial charge in [-0.25, -0.2) is 0 Å². The van der Waals surface area contributed by atoms with Crippen LogP contribution in [0.5, 0.6) is 0 Å². The molecule has 0 amide bonds. The van der Waals surface area contributed by atoms with Gasteiger partial charge in [0.2, 0.25) is 0 Å². The van der Waals surface area contributed by atoms with Crippen molar-refractivity contribution in [2.75, 3.05) is 26.7 Å². The second-order valence-corrected chi connectivity index (χ2v) is 3.52. The van der Waals surface area contributed by atoms with Crippen LogP contribution in [0.1, 0.15) is 20.3 Å². The summed E-state index contributed by atoms with van der Waals surface area (Å²) in [5.41, 5.74) is 5.63. The highest BCUT2D eigenvalue weighted by molar-refractivity contribution is 4.79. The van der Waals surface area contributed by atoms with E-state index in [2.05, 4.69) is 18.7 Å². The summed E-state index contributed by atoms with van der Waals surface area (Å²) in [5.74, 6) is 0. The Kier molecular flexibility index (Phi) is 4.65. The van der Waals surface area contributed by atoms with Gasteiger partial charge in [-0.3, -0.25) is 4.90 Å². The van der Waals surface area contributed by atoms with Gasteiger partial charge in [-0.05, 0) is 27.3 Å². The summed E-state index contributed by atoms with van der Waals surface area (Å²) >= 11 is 0. The second-order valence-electron chi connectivity index (χ2n) is 3.52. The maximum Gasteiger partial charge on any atom is 0.0443 e. The van der Waals surface area contributed by atoms with Crippen LogP contribution >= 0.6 is 0 Å². The summed E-state index contributed by atoms with van der Waals surface area (Å²) < 4.78 is 0. The smallest absolute Gasteiger partial charge is 0.0443 e. The predicted molar refractivity (Wildman–Crippen MR) is 47.5 cm³/mol. The Labute approximate surface area is 69.2 Å². The molecule has 68 valence electrons. The van der Waals surface area contributed by atoms with Crippen molar-refractivity contribution < 1.29 is 5.11 Å². The molecule has 3 heteroatoms. The molecule has 0 rings (SSSR count). The number of hydrogen-bond acceptors (Lipinski definition) is 3. The van der Waals surface area contributed by atoms with E-state index in [0.717, 1.165) is 13.0 Å². The normalized spacial score (nSPS) is 12.5. The fourth-order valence-electron chi connectivity index (χ4n) is 0.766. The van der Waals surface area contributed by atoms with Gasteiger partial charge in [0.1, 0.15) is 0 Å². The van der Waals surface area contributed by atoms with Crippen LogP contribution in [0.2, 0.25) is 0 Å². The first kappa shape index (κ1) is 10.9. The van der Waals surface area contributed by atoms with Gasteiger partial charge < -0.3 is 10.8 Å². The van der Waals surface area contributed by atoms with Crippen molar-refractivity contribution in [2.24, 2.45) is 5.73 Å². The van der Waals surface area contributed by atoms with E-state index < -0.39 is 0 Å². The average molecular weight is 160 g/mol. The maximum atomic E-state index is 8.60. The lowest BCUT2D eigenvalue weighted by molar-refractivity contribution is 0.148. The van der Waals surface area contributed by atoms with Crippen LogP contribution in [0.15, 0.2) is 0 Å². The molecule has 0 aromatic heterocycles. The van der Waals surface area contributed by atoms with Gasteiger partial charge >= 0.3 is 0 Å². The lowest BCUT2D eigenvalue weighted by Gasteiger charge is -2.34. The molecule has 0 saturated heterocycles. The van der Waals surface area contributed by atoms with Crippen molar-refractivity contribution >= 4 is 0 Å². The molecule has 0 unspecified atom stereocenters. The van der Waals surface area contributed by atoms with Gasteiger partial charge in [0.05, 0.1) is 0 Å². The molecular weight excluding hydrogens is 140 g/mol. The highest BCUT2D eigenvalue weighted by Gasteiger charge is 2.20. The predicted octanol–water partition coefficient (Wildman–Crippen LogP) is 0.0379. The molecule has 0 heterocycles. The number of nitrogens with zero attached hydrogens (tertiary/aromatic N) is 1. The number of hydrogen-bond donors (Lipinski definition) is 2. The van der Waals surface area contributed by atoms with E-state index in [1.807, 2.05) is 7.05 Å². The van der Waals surface area contributed by atoms with E-state index >= 15 is 0 Å². The average Bonchev–Trinajstić information content (AvgIpc) is 2.00. The van der Waals surface area contributed by atoms with Gasteiger partial charge in [0.15, 0.2) is 0 Å². The molecule has 11 heavy (non-hydrogen) atoms. The van der Waals surface area contributed by atoms with Crippen molar-refractivity contribution in [2.45, 2.75) is 25.8 Å². The summed E-state index contributed by atoms with van der Waals surface area (Å²) in [6.07, 6.45) is 0.819. The molecule has 0 aromatic rings. The van der Waals surface area contributed by atoms with Crippen molar-refractivity contribution in [3.63, 3.8) is 0 Å². The van der Waals surface area contributed by atoms with Gasteiger partial charge in [0.25, 0.3) is 0 Å². The molecule has 0 aliphatic heterocycles. The van der Waals surface area contributed by atoms with Crippen molar-refractivity contribution in [3.8, 4) is 0 Å². The summed E-state index contributed by atoms with van der Waals surface area (Å²) in [7, 11) is 2.03. The quantitative estimate of drug-likeness (QED) is 0.597. The molecule has 0 saturated carbocycles. The second kappa shape index (κ2) is 4.70. The van der Waals surface area contributed by atoms with Crippen molar-refractivity contribution in [3.05, 3.63) is 0 Å². The van der Waals surface area contributed by atoms with Crippen LogP contribution in [0.4, 0.5) is 0 Å². The highest BCUT2D eigenvalue weighted by atomic mass is 16.3. The summed E-state index contributed by atoms with van der Waals surface area (Å²) in [6, 6.07) is 0. The number of aliphatic hydroxyl groups excluding tert-OH is 1.